The minimum absolute atomic E-state index is 0.00797. The van der Waals surface area contributed by atoms with Crippen LogP contribution in [0.3, 0.4) is 0 Å². The third-order valence-electron chi connectivity index (χ3n) is 6.56. The van der Waals surface area contributed by atoms with Gasteiger partial charge in [0.2, 0.25) is 5.91 Å². The van der Waals surface area contributed by atoms with E-state index < -0.39 is 17.6 Å². The third kappa shape index (κ3) is 10.8. The largest absolute Gasteiger partial charge is 0.389 e. The zero-order valence-corrected chi connectivity index (χ0v) is 22.9. The third-order valence-corrected chi connectivity index (χ3v) is 6.56. The van der Waals surface area contributed by atoms with Crippen LogP contribution in [0.15, 0.2) is 36.4 Å². The highest BCUT2D eigenvalue weighted by molar-refractivity contribution is 5.94. The van der Waals surface area contributed by atoms with Crippen LogP contribution >= 0.6 is 0 Å². The second kappa shape index (κ2) is 13.3. The highest BCUT2D eigenvalue weighted by atomic mass is 16.5. The number of carbonyl (C=O) groups excluding carboxylic acids is 3. The summed E-state index contributed by atoms with van der Waals surface area (Å²) in [5.74, 6) is -0.493. The number of aliphatic hydroxyl groups is 2. The van der Waals surface area contributed by atoms with E-state index in [9.17, 15) is 24.6 Å². The van der Waals surface area contributed by atoms with Gasteiger partial charge in [0.05, 0.1) is 19.3 Å². The average Bonchev–Trinajstić information content (AvgIpc) is 2.81. The van der Waals surface area contributed by atoms with Crippen molar-refractivity contribution in [3.8, 4) is 0 Å². The van der Waals surface area contributed by atoms with Gasteiger partial charge in [0.15, 0.2) is 5.78 Å². The van der Waals surface area contributed by atoms with E-state index in [4.69, 9.17) is 4.74 Å². The molecule has 0 saturated carbocycles. The van der Waals surface area contributed by atoms with E-state index >= 15 is 0 Å². The van der Waals surface area contributed by atoms with Crippen molar-refractivity contribution >= 4 is 17.6 Å². The average molecular weight is 517 g/mol. The lowest BCUT2D eigenvalue weighted by molar-refractivity contribution is -0.142. The number of rotatable bonds is 12. The lowest BCUT2D eigenvalue weighted by Gasteiger charge is -2.32. The Balaban J connectivity index is 1.74. The molecule has 1 aromatic rings. The molecule has 1 aliphatic rings. The molecule has 1 aliphatic carbocycles. The van der Waals surface area contributed by atoms with Crippen molar-refractivity contribution in [1.29, 1.82) is 0 Å². The Morgan fingerprint density at radius 3 is 2.32 bits per heavy atom. The molecule has 206 valence electrons. The molecule has 0 fully saturated rings. The molecule has 8 nitrogen and oxygen atoms in total. The van der Waals surface area contributed by atoms with Gasteiger partial charge in [-0.1, -0.05) is 64.1 Å². The lowest BCUT2D eigenvalue weighted by atomic mass is 9.87. The fourth-order valence-corrected chi connectivity index (χ4v) is 4.16. The van der Waals surface area contributed by atoms with Gasteiger partial charge in [-0.3, -0.25) is 14.4 Å². The molecule has 0 radical (unpaired) electrons. The van der Waals surface area contributed by atoms with E-state index in [0.29, 0.717) is 57.6 Å². The van der Waals surface area contributed by atoms with Crippen molar-refractivity contribution in [2.24, 2.45) is 10.8 Å². The van der Waals surface area contributed by atoms with Crippen molar-refractivity contribution in [3.63, 3.8) is 0 Å². The second-order valence-corrected chi connectivity index (χ2v) is 11.8. The minimum atomic E-state index is -1.49. The first-order valence-corrected chi connectivity index (χ1v) is 13.0. The monoisotopic (exact) mass is 516 g/mol. The molecule has 0 saturated heterocycles. The summed E-state index contributed by atoms with van der Waals surface area (Å²) in [5.41, 5.74) is -0.688. The Kier molecular flexibility index (Phi) is 11.0. The number of amides is 2. The van der Waals surface area contributed by atoms with Gasteiger partial charge >= 0.3 is 0 Å². The number of allylic oxidation sites excluding steroid dienone is 1. The maximum absolute atomic E-state index is 12.7. The summed E-state index contributed by atoms with van der Waals surface area (Å²) in [7, 11) is 0. The van der Waals surface area contributed by atoms with Gasteiger partial charge in [0.1, 0.15) is 5.60 Å². The SMILES string of the molecule is CC(=O)c1ccc(CNC(=O)CC(C)(C)COCC(C)(C)CNC(=O)[C@]2(O)CC/C=C/[C@H](O)CC2)cc1. The number of ketones is 1. The summed E-state index contributed by atoms with van der Waals surface area (Å²) in [4.78, 5) is 36.6. The predicted octanol–water partition coefficient (Wildman–Crippen LogP) is 3.30. The van der Waals surface area contributed by atoms with Crippen LogP contribution in [-0.4, -0.2) is 59.3 Å². The molecule has 0 bridgehead atoms. The Morgan fingerprint density at radius 1 is 1.03 bits per heavy atom. The van der Waals surface area contributed by atoms with Gasteiger partial charge in [-0.2, -0.15) is 0 Å². The summed E-state index contributed by atoms with van der Waals surface area (Å²) in [6, 6.07) is 7.18. The van der Waals surface area contributed by atoms with Crippen LogP contribution in [0.25, 0.3) is 0 Å². The van der Waals surface area contributed by atoms with E-state index in [-0.39, 0.29) is 28.9 Å². The normalized spacial score (nSPS) is 21.4. The molecule has 2 atom stereocenters. The van der Waals surface area contributed by atoms with E-state index in [1.54, 1.807) is 24.3 Å². The van der Waals surface area contributed by atoms with Crippen molar-refractivity contribution < 1.29 is 29.3 Å². The number of Topliss-reactive ketones (excluding diaryl/α,β-unsaturated/α-hetero) is 1. The minimum Gasteiger partial charge on any atom is -0.389 e. The smallest absolute Gasteiger partial charge is 0.251 e. The molecule has 1 aromatic carbocycles. The number of carbonyl (C=O) groups is 3. The molecule has 0 heterocycles. The molecule has 2 amide bonds. The van der Waals surface area contributed by atoms with Gasteiger partial charge < -0.3 is 25.6 Å². The molecular formula is C29H44N2O6. The topological polar surface area (TPSA) is 125 Å². The highest BCUT2D eigenvalue weighted by Crippen LogP contribution is 2.26. The number of aliphatic hydroxyl groups excluding tert-OH is 1. The van der Waals surface area contributed by atoms with Crippen LogP contribution in [-0.2, 0) is 20.9 Å². The van der Waals surface area contributed by atoms with E-state index in [0.717, 1.165) is 5.56 Å². The molecule has 0 spiro atoms. The van der Waals surface area contributed by atoms with Crippen LogP contribution in [0.2, 0.25) is 0 Å². The Bertz CT molecular complexity index is 954. The van der Waals surface area contributed by atoms with Crippen LogP contribution < -0.4 is 10.6 Å². The summed E-state index contributed by atoms with van der Waals surface area (Å²) < 4.78 is 5.95. The number of benzene rings is 1. The van der Waals surface area contributed by atoms with Gasteiger partial charge in [-0.25, -0.2) is 0 Å². The Morgan fingerprint density at radius 2 is 1.68 bits per heavy atom. The molecule has 0 unspecified atom stereocenters. The zero-order valence-electron chi connectivity index (χ0n) is 22.9. The Labute approximate surface area is 220 Å². The van der Waals surface area contributed by atoms with Crippen LogP contribution in [0.1, 0.15) is 82.6 Å². The summed E-state index contributed by atoms with van der Waals surface area (Å²) in [5, 5.41) is 26.4. The van der Waals surface area contributed by atoms with Crippen LogP contribution in [0.4, 0.5) is 0 Å². The van der Waals surface area contributed by atoms with Gasteiger partial charge in [-0.05, 0) is 43.6 Å². The fraction of sp³-hybridized carbons (Fsp3) is 0.621. The molecule has 37 heavy (non-hydrogen) atoms. The molecular weight excluding hydrogens is 472 g/mol. The molecule has 4 N–H and O–H groups in total. The van der Waals surface area contributed by atoms with Crippen molar-refractivity contribution in [2.75, 3.05) is 19.8 Å². The second-order valence-electron chi connectivity index (χ2n) is 11.8. The lowest BCUT2D eigenvalue weighted by Crippen LogP contribution is -2.50. The number of hydrogen-bond acceptors (Lipinski definition) is 6. The van der Waals surface area contributed by atoms with E-state index in [1.807, 2.05) is 39.8 Å². The maximum Gasteiger partial charge on any atom is 0.251 e. The van der Waals surface area contributed by atoms with Crippen LogP contribution in [0, 0.1) is 10.8 Å². The molecule has 8 heteroatoms. The van der Waals surface area contributed by atoms with Gasteiger partial charge in [-0.15, -0.1) is 0 Å². The predicted molar refractivity (Wildman–Crippen MR) is 143 cm³/mol. The molecule has 2 rings (SSSR count). The standard InChI is InChI=1S/C29H44N2O6/c1-21(32)23-11-9-22(10-12-23)17-30-25(34)16-27(2,3)19-37-20-28(4,5)18-31-26(35)29(36)14-7-6-8-24(33)13-15-29/h6,8-12,24,33,36H,7,13-20H2,1-5H3,(H,30,34)(H,31,35)/b8-6+/t24-,29-/m0/s1. The van der Waals surface area contributed by atoms with Gasteiger partial charge in [0, 0.05) is 30.5 Å². The fourth-order valence-electron chi connectivity index (χ4n) is 4.16. The van der Waals surface area contributed by atoms with Gasteiger partial charge in [0.25, 0.3) is 5.91 Å². The first-order valence-electron chi connectivity index (χ1n) is 13.0. The highest BCUT2D eigenvalue weighted by Gasteiger charge is 2.36. The van der Waals surface area contributed by atoms with Crippen molar-refractivity contribution in [3.05, 3.63) is 47.5 Å². The first-order chi connectivity index (χ1) is 17.2. The summed E-state index contributed by atoms with van der Waals surface area (Å²) in [6.45, 7) is 10.9. The zero-order chi connectivity index (χ0) is 27.7. The van der Waals surface area contributed by atoms with Crippen LogP contribution in [0.5, 0.6) is 0 Å². The van der Waals surface area contributed by atoms with Crippen molar-refractivity contribution in [2.45, 2.75) is 85.0 Å². The van der Waals surface area contributed by atoms with Crippen molar-refractivity contribution in [1.82, 2.24) is 10.6 Å². The maximum atomic E-state index is 12.7. The first kappa shape index (κ1) is 30.7. The van der Waals surface area contributed by atoms with E-state index in [2.05, 4.69) is 10.6 Å². The quantitative estimate of drug-likeness (QED) is 0.250. The number of ether oxygens (including phenoxy) is 1. The molecule has 0 aliphatic heterocycles. The summed E-state index contributed by atoms with van der Waals surface area (Å²) >= 11 is 0. The number of hydrogen-bond donors (Lipinski definition) is 4. The molecule has 0 aromatic heterocycles. The summed E-state index contributed by atoms with van der Waals surface area (Å²) in [6.07, 6.45) is 4.55. The number of nitrogens with one attached hydrogen (secondary N) is 2. The Hall–Kier alpha value is -2.55. The van der Waals surface area contributed by atoms with E-state index in [1.165, 1.54) is 6.92 Å².